The van der Waals surface area contributed by atoms with Crippen LogP contribution in [0, 0.1) is 0 Å². The van der Waals surface area contributed by atoms with Crippen LogP contribution >= 0.6 is 0 Å². The van der Waals surface area contributed by atoms with E-state index in [0.717, 1.165) is 5.56 Å². The van der Waals surface area contributed by atoms with Crippen LogP contribution in [0.5, 0.6) is 0 Å². The molecule has 4 rings (SSSR count). The number of carbonyl (C=O) groups is 1. The molecule has 0 unspecified atom stereocenters. The Kier molecular flexibility index (Phi) is 5.91. The van der Waals surface area contributed by atoms with Crippen LogP contribution in [0.2, 0.25) is 0 Å². The van der Waals surface area contributed by atoms with Crippen LogP contribution in [-0.4, -0.2) is 43.8 Å². The number of halogens is 2. The van der Waals surface area contributed by atoms with E-state index < -0.39 is 23.9 Å². The SMILES string of the molecule is NC(=O)c1cnc(N[C@@H]2CCCC(F)(F)[C@@H]2N)nc1Nc1cccc(-c2ncccn2)c1. The Labute approximate surface area is 182 Å². The number of hydrogen-bond acceptors (Lipinski definition) is 8. The van der Waals surface area contributed by atoms with Gasteiger partial charge in [0.1, 0.15) is 11.4 Å². The molecule has 32 heavy (non-hydrogen) atoms. The van der Waals surface area contributed by atoms with Crippen molar-refractivity contribution in [3.05, 3.63) is 54.5 Å². The first-order valence-corrected chi connectivity index (χ1v) is 10.0. The van der Waals surface area contributed by atoms with Crippen molar-refractivity contribution in [3.63, 3.8) is 0 Å². The summed E-state index contributed by atoms with van der Waals surface area (Å²) in [4.78, 5) is 28.7. The number of anilines is 3. The summed E-state index contributed by atoms with van der Waals surface area (Å²) >= 11 is 0. The number of primary amides is 1. The van der Waals surface area contributed by atoms with E-state index in [2.05, 4.69) is 30.6 Å². The minimum atomic E-state index is -2.97. The molecule has 1 saturated carbocycles. The predicted molar refractivity (Wildman–Crippen MR) is 115 cm³/mol. The maximum absolute atomic E-state index is 14.0. The van der Waals surface area contributed by atoms with Crippen LogP contribution in [0.25, 0.3) is 11.4 Å². The van der Waals surface area contributed by atoms with Gasteiger partial charge in [-0.05, 0) is 31.0 Å². The van der Waals surface area contributed by atoms with Gasteiger partial charge in [0.05, 0.1) is 12.1 Å². The summed E-state index contributed by atoms with van der Waals surface area (Å²) < 4.78 is 28.0. The number of hydrogen-bond donors (Lipinski definition) is 4. The molecule has 2 heterocycles. The van der Waals surface area contributed by atoms with Crippen LogP contribution in [0.3, 0.4) is 0 Å². The third kappa shape index (κ3) is 4.62. The minimum Gasteiger partial charge on any atom is -0.365 e. The van der Waals surface area contributed by atoms with E-state index in [1.807, 2.05) is 6.07 Å². The highest BCUT2D eigenvalue weighted by Crippen LogP contribution is 2.33. The first-order chi connectivity index (χ1) is 15.3. The zero-order valence-corrected chi connectivity index (χ0v) is 17.0. The third-order valence-corrected chi connectivity index (χ3v) is 5.26. The van der Waals surface area contributed by atoms with Gasteiger partial charge < -0.3 is 22.1 Å². The fourth-order valence-electron chi connectivity index (χ4n) is 3.57. The molecule has 2 aromatic heterocycles. The highest BCUT2D eigenvalue weighted by molar-refractivity contribution is 5.98. The standard InChI is InChI=1S/C21H22F2N8O/c22-21(23)7-2-6-15(16(21)24)30-20-28-11-14(17(25)32)19(31-20)29-13-5-1-4-12(10-13)18-26-8-3-9-27-18/h1,3-5,8-11,15-16H,2,6-7,24H2,(H2,25,32)(H2,28,29,30,31)/t15-,16-/m1/s1. The van der Waals surface area contributed by atoms with Gasteiger partial charge in [0.2, 0.25) is 5.95 Å². The van der Waals surface area contributed by atoms with Crippen LogP contribution < -0.4 is 22.1 Å². The molecule has 0 spiro atoms. The summed E-state index contributed by atoms with van der Waals surface area (Å²) in [6, 6.07) is 6.83. The zero-order chi connectivity index (χ0) is 22.7. The lowest BCUT2D eigenvalue weighted by Gasteiger charge is -2.35. The summed E-state index contributed by atoms with van der Waals surface area (Å²) in [7, 11) is 0. The normalized spacial score (nSPS) is 19.8. The molecule has 11 heteroatoms. The van der Waals surface area contributed by atoms with Crippen molar-refractivity contribution in [3.8, 4) is 11.4 Å². The Morgan fingerprint density at radius 2 is 1.94 bits per heavy atom. The molecular weight excluding hydrogens is 418 g/mol. The van der Waals surface area contributed by atoms with Crippen molar-refractivity contribution < 1.29 is 13.6 Å². The maximum Gasteiger partial charge on any atom is 0.264 e. The monoisotopic (exact) mass is 440 g/mol. The quantitative estimate of drug-likeness (QED) is 0.458. The van der Waals surface area contributed by atoms with E-state index in [1.54, 1.807) is 36.7 Å². The first-order valence-electron chi connectivity index (χ1n) is 10.0. The predicted octanol–water partition coefficient (Wildman–Crippen LogP) is 2.70. The Bertz CT molecular complexity index is 1110. The van der Waals surface area contributed by atoms with Crippen molar-refractivity contribution in [2.24, 2.45) is 11.5 Å². The smallest absolute Gasteiger partial charge is 0.264 e. The molecule has 1 amide bonds. The van der Waals surface area contributed by atoms with Crippen molar-refractivity contribution in [2.45, 2.75) is 37.3 Å². The molecular formula is C21H22F2N8O. The average molecular weight is 440 g/mol. The number of alkyl halides is 2. The van der Waals surface area contributed by atoms with Crippen LogP contribution in [0.1, 0.15) is 29.6 Å². The summed E-state index contributed by atoms with van der Waals surface area (Å²) in [6.45, 7) is 0. The lowest BCUT2D eigenvalue weighted by atomic mass is 9.87. The molecule has 0 bridgehead atoms. The van der Waals surface area contributed by atoms with E-state index in [0.29, 0.717) is 24.4 Å². The van der Waals surface area contributed by atoms with E-state index in [-0.39, 0.29) is 23.8 Å². The number of nitrogens with two attached hydrogens (primary N) is 2. The summed E-state index contributed by atoms with van der Waals surface area (Å²) in [5, 5.41) is 5.92. The molecule has 9 nitrogen and oxygen atoms in total. The number of carbonyl (C=O) groups excluding carboxylic acids is 1. The second-order valence-corrected chi connectivity index (χ2v) is 7.53. The average Bonchev–Trinajstić information content (AvgIpc) is 2.78. The Morgan fingerprint density at radius 3 is 2.69 bits per heavy atom. The number of nitrogens with one attached hydrogen (secondary N) is 2. The largest absolute Gasteiger partial charge is 0.365 e. The molecule has 1 aromatic carbocycles. The number of rotatable bonds is 6. The van der Waals surface area contributed by atoms with Crippen molar-refractivity contribution in [2.75, 3.05) is 10.6 Å². The highest BCUT2D eigenvalue weighted by atomic mass is 19.3. The topological polar surface area (TPSA) is 145 Å². The molecule has 0 saturated heterocycles. The summed E-state index contributed by atoms with van der Waals surface area (Å²) in [6.07, 6.45) is 5.06. The van der Waals surface area contributed by atoms with Gasteiger partial charge >= 0.3 is 0 Å². The number of aromatic nitrogens is 4. The van der Waals surface area contributed by atoms with E-state index >= 15 is 0 Å². The second-order valence-electron chi connectivity index (χ2n) is 7.53. The van der Waals surface area contributed by atoms with Gasteiger partial charge in [0.25, 0.3) is 11.8 Å². The molecule has 1 aliphatic rings. The molecule has 1 aliphatic carbocycles. The Morgan fingerprint density at radius 1 is 1.16 bits per heavy atom. The fraction of sp³-hybridized carbons (Fsp3) is 0.286. The second kappa shape index (κ2) is 8.79. The van der Waals surface area contributed by atoms with Gasteiger partial charge in [-0.2, -0.15) is 4.98 Å². The Hall–Kier alpha value is -3.73. The molecule has 6 N–H and O–H groups in total. The molecule has 0 radical (unpaired) electrons. The third-order valence-electron chi connectivity index (χ3n) is 5.26. The van der Waals surface area contributed by atoms with Crippen LogP contribution in [-0.2, 0) is 0 Å². The van der Waals surface area contributed by atoms with E-state index in [4.69, 9.17) is 11.5 Å². The van der Waals surface area contributed by atoms with Crippen molar-refractivity contribution in [1.82, 2.24) is 19.9 Å². The molecule has 166 valence electrons. The molecule has 0 aliphatic heterocycles. The van der Waals surface area contributed by atoms with Crippen LogP contribution in [0.15, 0.2) is 48.9 Å². The summed E-state index contributed by atoms with van der Waals surface area (Å²) in [5.41, 5.74) is 12.6. The first kappa shape index (κ1) is 21.5. The number of benzene rings is 1. The van der Waals surface area contributed by atoms with Gasteiger partial charge in [-0.15, -0.1) is 0 Å². The van der Waals surface area contributed by atoms with Crippen molar-refractivity contribution >= 4 is 23.4 Å². The zero-order valence-electron chi connectivity index (χ0n) is 17.0. The van der Waals surface area contributed by atoms with E-state index in [1.165, 1.54) is 6.20 Å². The van der Waals surface area contributed by atoms with Crippen molar-refractivity contribution in [1.29, 1.82) is 0 Å². The van der Waals surface area contributed by atoms with Gasteiger partial charge in [-0.3, -0.25) is 4.79 Å². The number of amides is 1. The lowest BCUT2D eigenvalue weighted by Crippen LogP contribution is -2.55. The fourth-order valence-corrected chi connectivity index (χ4v) is 3.57. The van der Waals surface area contributed by atoms with Gasteiger partial charge in [0.15, 0.2) is 5.82 Å². The molecule has 3 aromatic rings. The van der Waals surface area contributed by atoms with Crippen LogP contribution in [0.4, 0.5) is 26.2 Å². The highest BCUT2D eigenvalue weighted by Gasteiger charge is 2.44. The van der Waals surface area contributed by atoms with E-state index in [9.17, 15) is 13.6 Å². The van der Waals surface area contributed by atoms with Gasteiger partial charge in [-0.25, -0.2) is 23.7 Å². The Balaban J connectivity index is 1.60. The maximum atomic E-state index is 14.0. The lowest BCUT2D eigenvalue weighted by molar-refractivity contribution is -0.0555. The molecule has 1 fully saturated rings. The number of nitrogens with zero attached hydrogens (tertiary/aromatic N) is 4. The minimum absolute atomic E-state index is 0.0511. The van der Waals surface area contributed by atoms with Gasteiger partial charge in [-0.1, -0.05) is 12.1 Å². The summed E-state index contributed by atoms with van der Waals surface area (Å²) in [5.74, 6) is -2.97. The molecule has 2 atom stereocenters. The van der Waals surface area contributed by atoms with Gasteiger partial charge in [0, 0.05) is 36.3 Å².